The molecule has 2 unspecified atom stereocenters. The molecule has 0 radical (unpaired) electrons. The van der Waals surface area contributed by atoms with Gasteiger partial charge in [-0.05, 0) is 25.1 Å². The summed E-state index contributed by atoms with van der Waals surface area (Å²) in [6.07, 6.45) is -0.212. The molecule has 1 fully saturated rings. The van der Waals surface area contributed by atoms with E-state index in [0.717, 1.165) is 5.69 Å². The van der Waals surface area contributed by atoms with Crippen molar-refractivity contribution < 1.29 is 19.4 Å². The largest absolute Gasteiger partial charge is 0.394 e. The van der Waals surface area contributed by atoms with Gasteiger partial charge in [0.05, 0.1) is 30.6 Å². The zero-order valence-electron chi connectivity index (χ0n) is 11.1. The molecule has 0 aromatic heterocycles. The van der Waals surface area contributed by atoms with Crippen LogP contribution in [0.3, 0.4) is 0 Å². The second-order valence-corrected chi connectivity index (χ2v) is 5.15. The number of benzene rings is 1. The Morgan fingerprint density at radius 1 is 1.45 bits per heavy atom. The number of Topliss-reactive ketones (excluding diaryl/α,β-unsaturated/α-hetero) is 1. The van der Waals surface area contributed by atoms with Gasteiger partial charge in [-0.15, -0.1) is 0 Å². The maximum atomic E-state index is 11.6. The van der Waals surface area contributed by atoms with Crippen LogP contribution in [0.5, 0.6) is 0 Å². The van der Waals surface area contributed by atoms with E-state index in [9.17, 15) is 14.7 Å². The normalized spacial score (nSPS) is 25.6. The number of hydrogen-bond donors (Lipinski definition) is 2. The highest BCUT2D eigenvalue weighted by Crippen LogP contribution is 2.30. The Bertz CT molecular complexity index is 572. The molecule has 2 heterocycles. The number of nitrogens with zero attached hydrogens (tertiary/aromatic N) is 1. The molecule has 106 valence electrons. The van der Waals surface area contributed by atoms with Crippen molar-refractivity contribution in [2.24, 2.45) is 0 Å². The molecule has 0 saturated carbocycles. The van der Waals surface area contributed by atoms with Gasteiger partial charge in [0, 0.05) is 18.3 Å². The molecular weight excluding hydrogens is 260 g/mol. The fourth-order valence-electron chi connectivity index (χ4n) is 2.60. The third-order valence-corrected chi connectivity index (χ3v) is 3.74. The highest BCUT2D eigenvalue weighted by atomic mass is 16.5. The Labute approximate surface area is 116 Å². The van der Waals surface area contributed by atoms with E-state index >= 15 is 0 Å². The first kappa shape index (κ1) is 13.1. The van der Waals surface area contributed by atoms with Gasteiger partial charge >= 0.3 is 0 Å². The molecule has 2 aliphatic rings. The molecule has 1 aromatic carbocycles. The van der Waals surface area contributed by atoms with E-state index in [2.05, 4.69) is 10.2 Å². The summed E-state index contributed by atoms with van der Waals surface area (Å²) in [5, 5.41) is 11.8. The number of rotatable bonds is 2. The molecule has 2 N–H and O–H groups in total. The lowest BCUT2D eigenvalue weighted by Crippen LogP contribution is -2.49. The predicted molar refractivity (Wildman–Crippen MR) is 73.0 cm³/mol. The van der Waals surface area contributed by atoms with Crippen LogP contribution in [0.2, 0.25) is 0 Å². The van der Waals surface area contributed by atoms with Crippen molar-refractivity contribution in [3.05, 3.63) is 23.8 Å². The van der Waals surface area contributed by atoms with Gasteiger partial charge in [0.1, 0.15) is 0 Å². The van der Waals surface area contributed by atoms with Gasteiger partial charge in [-0.3, -0.25) is 9.59 Å². The van der Waals surface area contributed by atoms with Gasteiger partial charge in [0.15, 0.2) is 0 Å². The fourth-order valence-corrected chi connectivity index (χ4v) is 2.60. The first-order chi connectivity index (χ1) is 9.60. The summed E-state index contributed by atoms with van der Waals surface area (Å²) in [5.41, 5.74) is 1.88. The Balaban J connectivity index is 1.89. The third kappa shape index (κ3) is 2.07. The average Bonchev–Trinajstić information content (AvgIpc) is 2.74. The van der Waals surface area contributed by atoms with E-state index in [1.165, 1.54) is 0 Å². The van der Waals surface area contributed by atoms with Crippen molar-refractivity contribution in [1.82, 2.24) is 0 Å². The fraction of sp³-hybridized carbons (Fsp3) is 0.429. The van der Waals surface area contributed by atoms with Gasteiger partial charge in [-0.1, -0.05) is 0 Å². The predicted octanol–water partition coefficient (Wildman–Crippen LogP) is 0.407. The molecule has 0 spiro atoms. The van der Waals surface area contributed by atoms with E-state index in [4.69, 9.17) is 4.74 Å². The minimum atomic E-state index is -0.583. The van der Waals surface area contributed by atoms with Crippen molar-refractivity contribution in [2.75, 3.05) is 30.0 Å². The molecule has 1 saturated heterocycles. The summed E-state index contributed by atoms with van der Waals surface area (Å²) >= 11 is 0. The summed E-state index contributed by atoms with van der Waals surface area (Å²) in [5.74, 6) is -1.07. The van der Waals surface area contributed by atoms with Gasteiger partial charge in [0.2, 0.25) is 0 Å². The molecule has 1 amide bonds. The van der Waals surface area contributed by atoms with Crippen LogP contribution in [0.1, 0.15) is 17.3 Å². The van der Waals surface area contributed by atoms with Crippen LogP contribution in [0.4, 0.5) is 11.4 Å². The minimum absolute atomic E-state index is 0.0244. The van der Waals surface area contributed by atoms with Crippen LogP contribution in [0.25, 0.3) is 0 Å². The zero-order chi connectivity index (χ0) is 14.3. The number of nitrogens with one attached hydrogen (secondary N) is 1. The number of amides is 1. The smallest absolute Gasteiger partial charge is 0.296 e. The molecule has 0 aliphatic carbocycles. The molecule has 3 rings (SSSR count). The average molecular weight is 276 g/mol. The molecule has 2 atom stereocenters. The molecule has 2 aliphatic heterocycles. The number of anilines is 2. The van der Waals surface area contributed by atoms with Crippen LogP contribution in [0.15, 0.2) is 18.2 Å². The Hall–Kier alpha value is -1.92. The topological polar surface area (TPSA) is 78.9 Å². The minimum Gasteiger partial charge on any atom is -0.394 e. The van der Waals surface area contributed by atoms with E-state index in [1.54, 1.807) is 12.1 Å². The molecule has 6 nitrogen and oxygen atoms in total. The van der Waals surface area contributed by atoms with Gasteiger partial charge in [0.25, 0.3) is 11.7 Å². The number of carbonyl (C=O) groups is 2. The lowest BCUT2D eigenvalue weighted by Gasteiger charge is -2.39. The molecule has 1 aromatic rings. The van der Waals surface area contributed by atoms with E-state index in [0.29, 0.717) is 24.4 Å². The number of carbonyl (C=O) groups excluding carboxylic acids is 2. The van der Waals surface area contributed by atoms with Crippen LogP contribution >= 0.6 is 0 Å². The quantitative estimate of drug-likeness (QED) is 0.765. The molecule has 6 heteroatoms. The van der Waals surface area contributed by atoms with Crippen LogP contribution in [-0.4, -0.2) is 48.7 Å². The summed E-state index contributed by atoms with van der Waals surface area (Å²) in [4.78, 5) is 25.0. The number of morpholine rings is 1. The first-order valence-electron chi connectivity index (χ1n) is 6.59. The van der Waals surface area contributed by atoms with Crippen molar-refractivity contribution in [2.45, 2.75) is 19.1 Å². The highest BCUT2D eigenvalue weighted by molar-refractivity contribution is 6.51. The van der Waals surface area contributed by atoms with E-state index < -0.39 is 11.7 Å². The van der Waals surface area contributed by atoms with Crippen LogP contribution in [-0.2, 0) is 9.53 Å². The second kappa shape index (κ2) is 4.88. The lowest BCUT2D eigenvalue weighted by molar-refractivity contribution is -0.112. The zero-order valence-corrected chi connectivity index (χ0v) is 11.1. The summed E-state index contributed by atoms with van der Waals surface area (Å²) < 4.78 is 5.50. The molecule has 0 bridgehead atoms. The number of ketones is 1. The first-order valence-corrected chi connectivity index (χ1v) is 6.59. The Morgan fingerprint density at radius 2 is 2.25 bits per heavy atom. The van der Waals surface area contributed by atoms with Crippen molar-refractivity contribution >= 4 is 23.1 Å². The number of hydrogen-bond acceptors (Lipinski definition) is 5. The van der Waals surface area contributed by atoms with Crippen molar-refractivity contribution in [3.8, 4) is 0 Å². The van der Waals surface area contributed by atoms with Crippen molar-refractivity contribution in [3.63, 3.8) is 0 Å². The third-order valence-electron chi connectivity index (χ3n) is 3.74. The van der Waals surface area contributed by atoms with Crippen LogP contribution in [0, 0.1) is 0 Å². The summed E-state index contributed by atoms with van der Waals surface area (Å²) in [6.45, 7) is 3.12. The maximum absolute atomic E-state index is 11.6. The number of aliphatic hydroxyl groups is 1. The van der Waals surface area contributed by atoms with Gasteiger partial charge < -0.3 is 20.1 Å². The van der Waals surface area contributed by atoms with Crippen molar-refractivity contribution in [1.29, 1.82) is 0 Å². The SMILES string of the molecule is CC1COC(CO)CN1c1ccc2c(c1)NC(=O)C2=O. The van der Waals surface area contributed by atoms with E-state index in [1.807, 2.05) is 13.0 Å². The summed E-state index contributed by atoms with van der Waals surface area (Å²) in [6, 6.07) is 5.46. The number of fused-ring (bicyclic) bond motifs is 1. The number of ether oxygens (including phenoxy) is 1. The van der Waals surface area contributed by atoms with Gasteiger partial charge in [-0.25, -0.2) is 0 Å². The number of aliphatic hydroxyl groups excluding tert-OH is 1. The van der Waals surface area contributed by atoms with Gasteiger partial charge in [-0.2, -0.15) is 0 Å². The standard InChI is InChI=1S/C14H16N2O4/c1-8-7-20-10(6-17)5-16(8)9-2-3-11-12(4-9)15-14(19)13(11)18/h2-4,8,10,17H,5-7H2,1H3,(H,15,18,19). The van der Waals surface area contributed by atoms with Crippen LogP contribution < -0.4 is 10.2 Å². The Kier molecular flexibility index (Phi) is 3.19. The Morgan fingerprint density at radius 3 is 3.00 bits per heavy atom. The summed E-state index contributed by atoms with van der Waals surface area (Å²) in [7, 11) is 0. The monoisotopic (exact) mass is 276 g/mol. The second-order valence-electron chi connectivity index (χ2n) is 5.15. The molecule has 20 heavy (non-hydrogen) atoms. The maximum Gasteiger partial charge on any atom is 0.296 e. The highest BCUT2D eigenvalue weighted by Gasteiger charge is 2.30. The van der Waals surface area contributed by atoms with E-state index in [-0.39, 0.29) is 18.8 Å². The molecular formula is C14H16N2O4. The lowest BCUT2D eigenvalue weighted by atomic mass is 10.1.